The van der Waals surface area contributed by atoms with Gasteiger partial charge in [0, 0.05) is 33.5 Å². The lowest BCUT2D eigenvalue weighted by Gasteiger charge is -2.19. The van der Waals surface area contributed by atoms with Crippen LogP contribution in [0, 0.1) is 10.1 Å². The summed E-state index contributed by atoms with van der Waals surface area (Å²) in [5.74, 6) is -1.85. The number of fused-ring (bicyclic) bond motifs is 1. The molecule has 13 heteroatoms. The van der Waals surface area contributed by atoms with E-state index in [0.717, 1.165) is 18.7 Å². The number of carbonyl (C=O) groups is 2. The Morgan fingerprint density at radius 3 is 2.49 bits per heavy atom. The molecule has 0 aliphatic carbocycles. The quantitative estimate of drug-likeness (QED) is 0.126. The molecule has 37 heavy (non-hydrogen) atoms. The van der Waals surface area contributed by atoms with Gasteiger partial charge in [-0.2, -0.15) is 0 Å². The van der Waals surface area contributed by atoms with Gasteiger partial charge in [0.05, 0.1) is 26.2 Å². The first kappa shape index (κ1) is 26.7. The highest BCUT2D eigenvalue weighted by Crippen LogP contribution is 2.41. The van der Waals surface area contributed by atoms with E-state index in [1.807, 2.05) is 0 Å². The Kier molecular flexibility index (Phi) is 7.60. The number of sulfone groups is 1. The molecule has 1 N–H and O–H groups in total. The summed E-state index contributed by atoms with van der Waals surface area (Å²) in [7, 11) is -3.84. The second-order valence-electron chi connectivity index (χ2n) is 7.76. The van der Waals surface area contributed by atoms with Crippen LogP contribution >= 0.6 is 35.0 Å². The Bertz CT molecular complexity index is 1580. The molecule has 3 aromatic rings. The summed E-state index contributed by atoms with van der Waals surface area (Å²) in [6, 6.07) is 13.0. The predicted molar refractivity (Wildman–Crippen MR) is 141 cm³/mol. The number of carbonyl (C=O) groups excluding carboxylic acids is 2. The van der Waals surface area contributed by atoms with Crippen molar-refractivity contribution in [1.29, 1.82) is 0 Å². The minimum Gasteiger partial charge on any atom is -0.419 e. The molecule has 0 saturated heterocycles. The molecule has 4 rings (SSSR count). The number of esters is 1. The summed E-state index contributed by atoms with van der Waals surface area (Å²) in [6.07, 6.45) is 1.44. The first-order chi connectivity index (χ1) is 17.4. The van der Waals surface area contributed by atoms with Crippen LogP contribution in [0.15, 0.2) is 69.3 Å². The Labute approximate surface area is 225 Å². The summed E-state index contributed by atoms with van der Waals surface area (Å²) in [5.41, 5.74) is 0.481. The average molecular weight is 579 g/mol. The number of anilines is 1. The molecule has 0 fully saturated rings. The highest BCUT2D eigenvalue weighted by molar-refractivity contribution is 8.04. The third-order valence-corrected chi connectivity index (χ3v) is 8.58. The van der Waals surface area contributed by atoms with E-state index in [1.165, 1.54) is 36.4 Å². The predicted octanol–water partition coefficient (Wildman–Crippen LogP) is 5.89. The van der Waals surface area contributed by atoms with Crippen LogP contribution < -0.4 is 10.1 Å². The van der Waals surface area contributed by atoms with Gasteiger partial charge in [0.25, 0.3) is 5.91 Å². The van der Waals surface area contributed by atoms with Crippen LogP contribution in [-0.4, -0.2) is 25.2 Å². The molecule has 0 bridgehead atoms. The van der Waals surface area contributed by atoms with E-state index >= 15 is 0 Å². The van der Waals surface area contributed by atoms with Crippen molar-refractivity contribution in [2.24, 2.45) is 0 Å². The molecular weight excluding hydrogens is 563 g/mol. The Morgan fingerprint density at radius 2 is 1.84 bits per heavy atom. The van der Waals surface area contributed by atoms with E-state index in [0.29, 0.717) is 16.1 Å². The molecule has 9 nitrogen and oxygen atoms in total. The lowest BCUT2D eigenvalue weighted by atomic mass is 10.1. The van der Waals surface area contributed by atoms with Crippen LogP contribution in [0.5, 0.6) is 5.75 Å². The van der Waals surface area contributed by atoms with E-state index in [4.69, 9.17) is 27.9 Å². The maximum atomic E-state index is 13.0. The number of nitro benzene ring substituents is 1. The first-order valence-corrected chi connectivity index (χ1v) is 13.6. The van der Waals surface area contributed by atoms with Gasteiger partial charge in [0.15, 0.2) is 9.84 Å². The van der Waals surface area contributed by atoms with Crippen LogP contribution in [0.2, 0.25) is 10.0 Å². The number of nitrogens with zero attached hydrogens (tertiary/aromatic N) is 1. The molecule has 1 aliphatic heterocycles. The number of benzene rings is 3. The number of amides is 1. The second-order valence-corrected chi connectivity index (χ2v) is 11.6. The number of halogens is 2. The number of ether oxygens (including phenoxy) is 1. The maximum absolute atomic E-state index is 13.0. The summed E-state index contributed by atoms with van der Waals surface area (Å²) in [4.78, 5) is 35.4. The fourth-order valence-corrected chi connectivity index (χ4v) is 6.49. The van der Waals surface area contributed by atoms with Gasteiger partial charge in [-0.1, -0.05) is 47.1 Å². The van der Waals surface area contributed by atoms with Gasteiger partial charge in [-0.3, -0.25) is 19.7 Å². The minimum atomic E-state index is -3.84. The molecule has 1 amide bonds. The van der Waals surface area contributed by atoms with Crippen molar-refractivity contribution in [1.82, 2.24) is 0 Å². The van der Waals surface area contributed by atoms with Crippen LogP contribution in [-0.2, 0) is 25.2 Å². The van der Waals surface area contributed by atoms with Crippen molar-refractivity contribution >= 4 is 74.1 Å². The Morgan fingerprint density at radius 1 is 1.14 bits per heavy atom. The monoisotopic (exact) mass is 578 g/mol. The number of rotatable bonds is 6. The molecule has 0 radical (unpaired) electrons. The second kappa shape index (κ2) is 10.5. The minimum absolute atomic E-state index is 0.0211. The number of nitro groups is 1. The molecular formula is C24H16Cl2N2O7S2. The molecule has 1 aliphatic rings. The Balaban J connectivity index is 1.61. The lowest BCUT2D eigenvalue weighted by molar-refractivity contribution is -0.385. The van der Waals surface area contributed by atoms with E-state index in [2.05, 4.69) is 5.32 Å². The van der Waals surface area contributed by atoms with E-state index in [1.54, 1.807) is 24.3 Å². The molecule has 0 aromatic heterocycles. The number of hydrogen-bond donors (Lipinski definition) is 1. The number of nitrogens with one attached hydrogen (secondary N) is 1. The van der Waals surface area contributed by atoms with Crippen LogP contribution in [0.3, 0.4) is 0 Å². The van der Waals surface area contributed by atoms with E-state index in [-0.39, 0.29) is 31.2 Å². The van der Waals surface area contributed by atoms with Gasteiger partial charge >= 0.3 is 11.7 Å². The van der Waals surface area contributed by atoms with Crippen molar-refractivity contribution < 1.29 is 27.7 Å². The molecule has 3 aromatic carbocycles. The van der Waals surface area contributed by atoms with Crippen LogP contribution in [0.1, 0.15) is 18.1 Å². The highest BCUT2D eigenvalue weighted by atomic mass is 35.5. The number of hydrogen-bond acceptors (Lipinski definition) is 8. The largest absolute Gasteiger partial charge is 0.419 e. The van der Waals surface area contributed by atoms with Crippen molar-refractivity contribution in [2.75, 3.05) is 5.32 Å². The zero-order chi connectivity index (χ0) is 26.9. The van der Waals surface area contributed by atoms with Gasteiger partial charge in [0.1, 0.15) is 0 Å². The van der Waals surface area contributed by atoms with Gasteiger partial charge in [-0.25, -0.2) is 8.42 Å². The maximum Gasteiger partial charge on any atom is 0.312 e. The summed E-state index contributed by atoms with van der Waals surface area (Å²) >= 11 is 13.3. The molecule has 1 heterocycles. The van der Waals surface area contributed by atoms with Crippen molar-refractivity contribution in [3.63, 3.8) is 0 Å². The van der Waals surface area contributed by atoms with Crippen LogP contribution in [0.25, 0.3) is 6.08 Å². The fourth-order valence-electron chi connectivity index (χ4n) is 3.44. The zero-order valence-electron chi connectivity index (χ0n) is 18.9. The van der Waals surface area contributed by atoms with Gasteiger partial charge < -0.3 is 10.1 Å². The normalized spacial score (nSPS) is 14.1. The summed E-state index contributed by atoms with van der Waals surface area (Å²) in [5, 5.41) is 14.5. The van der Waals surface area contributed by atoms with Gasteiger partial charge in [-0.15, -0.1) is 0 Å². The summed E-state index contributed by atoms with van der Waals surface area (Å²) in [6.45, 7) is 1.13. The molecule has 0 saturated carbocycles. The molecule has 190 valence electrons. The van der Waals surface area contributed by atoms with E-state index < -0.39 is 38.1 Å². The third kappa shape index (κ3) is 5.96. The standard InChI is InChI=1S/C24H16Cl2N2O7S2/c1-13(29)35-21-7-5-14(9-20(21)28(31)32)10-23-24(30)27-19-11-15(6-8-22(19)36-23)37(33,34)12-16-17(25)3-2-4-18(16)26/h2-11H,12H2,1H3,(H,27,30). The van der Waals surface area contributed by atoms with Gasteiger partial charge in [-0.05, 0) is 48.0 Å². The van der Waals surface area contributed by atoms with Crippen molar-refractivity contribution in [3.05, 3.63) is 90.8 Å². The van der Waals surface area contributed by atoms with Crippen molar-refractivity contribution in [2.45, 2.75) is 22.5 Å². The smallest absolute Gasteiger partial charge is 0.312 e. The molecule has 0 atom stereocenters. The number of thioether (sulfide) groups is 1. The zero-order valence-corrected chi connectivity index (χ0v) is 22.0. The Hall–Kier alpha value is -3.38. The van der Waals surface area contributed by atoms with E-state index in [9.17, 15) is 28.1 Å². The van der Waals surface area contributed by atoms with Gasteiger partial charge in [0.2, 0.25) is 5.75 Å². The third-order valence-electron chi connectivity index (χ3n) is 5.13. The summed E-state index contributed by atoms with van der Waals surface area (Å²) < 4.78 is 30.9. The van der Waals surface area contributed by atoms with Crippen molar-refractivity contribution in [3.8, 4) is 5.75 Å². The molecule has 0 unspecified atom stereocenters. The fraction of sp³-hybridized carbons (Fsp3) is 0.0833. The SMILES string of the molecule is CC(=O)Oc1ccc(C=C2Sc3ccc(S(=O)(=O)Cc4c(Cl)cccc4Cl)cc3NC2=O)cc1[N+](=O)[O-]. The first-order valence-electron chi connectivity index (χ1n) is 10.4. The lowest BCUT2D eigenvalue weighted by Crippen LogP contribution is -2.18. The topological polar surface area (TPSA) is 133 Å². The average Bonchev–Trinajstić information content (AvgIpc) is 2.82. The van der Waals surface area contributed by atoms with Crippen LogP contribution in [0.4, 0.5) is 11.4 Å². The highest BCUT2D eigenvalue weighted by Gasteiger charge is 2.26. The molecule has 0 spiro atoms.